The highest BCUT2D eigenvalue weighted by molar-refractivity contribution is 7.80. The van der Waals surface area contributed by atoms with Gasteiger partial charge in [-0.1, -0.05) is 23.7 Å². The molecule has 1 amide bonds. The van der Waals surface area contributed by atoms with Crippen molar-refractivity contribution in [2.45, 2.75) is 13.8 Å². The minimum absolute atomic E-state index is 0.172. The molecule has 0 aliphatic rings. The molecule has 9 heteroatoms. The zero-order chi connectivity index (χ0) is 25.9. The van der Waals surface area contributed by atoms with Gasteiger partial charge in [-0.3, -0.25) is 10.1 Å². The topological polar surface area (TPSA) is 93.2 Å². The molecule has 3 aromatic heterocycles. The van der Waals surface area contributed by atoms with Gasteiger partial charge in [-0.2, -0.15) is 4.98 Å². The third kappa shape index (κ3) is 5.61. The Morgan fingerprint density at radius 2 is 1.84 bits per heavy atom. The lowest BCUT2D eigenvalue weighted by molar-refractivity contribution is -0.115. The van der Waals surface area contributed by atoms with Crippen LogP contribution < -0.4 is 10.6 Å². The number of anilines is 1. The fraction of sp³-hybridized carbons (Fsp3) is 0.0714. The zero-order valence-corrected chi connectivity index (χ0v) is 21.5. The van der Waals surface area contributed by atoms with E-state index in [1.54, 1.807) is 24.4 Å². The molecule has 0 radical (unpaired) electrons. The van der Waals surface area contributed by atoms with Crippen molar-refractivity contribution in [1.29, 1.82) is 0 Å². The van der Waals surface area contributed by atoms with E-state index in [2.05, 4.69) is 20.6 Å². The van der Waals surface area contributed by atoms with Crippen molar-refractivity contribution in [2.75, 3.05) is 5.32 Å². The van der Waals surface area contributed by atoms with E-state index >= 15 is 0 Å². The van der Waals surface area contributed by atoms with E-state index in [0.717, 1.165) is 27.9 Å². The van der Waals surface area contributed by atoms with Crippen molar-refractivity contribution in [2.24, 2.45) is 0 Å². The van der Waals surface area contributed by atoms with Gasteiger partial charge in [-0.15, -0.1) is 0 Å². The van der Waals surface area contributed by atoms with Crippen LogP contribution in [-0.4, -0.2) is 21.0 Å². The molecule has 184 valence electrons. The van der Waals surface area contributed by atoms with Gasteiger partial charge >= 0.3 is 0 Å². The maximum absolute atomic E-state index is 12.4. The molecular formula is C28H21ClN4O3S. The first-order valence-corrected chi connectivity index (χ1v) is 12.1. The van der Waals surface area contributed by atoms with E-state index in [-0.39, 0.29) is 11.0 Å². The number of hydrogen-bond donors (Lipinski definition) is 2. The Bertz CT molecular complexity index is 1640. The molecular weight excluding hydrogens is 508 g/mol. The van der Waals surface area contributed by atoms with E-state index in [9.17, 15) is 4.79 Å². The molecule has 5 rings (SSSR count). The van der Waals surface area contributed by atoms with Gasteiger partial charge in [0, 0.05) is 34.1 Å². The lowest BCUT2D eigenvalue weighted by atomic mass is 10.1. The van der Waals surface area contributed by atoms with Gasteiger partial charge in [0.25, 0.3) is 0 Å². The van der Waals surface area contributed by atoms with Crippen LogP contribution in [0.15, 0.2) is 81.8 Å². The summed E-state index contributed by atoms with van der Waals surface area (Å²) >= 11 is 11.5. The standard InChI is InChI=1S/C28H21ClN4O3S/c1-16-5-6-18(15-21(16)29)23-11-8-20(35-23)9-12-25(34)32-28(37)31-22-10-7-19(14-17(22)2)27-33-26-24(36-27)4-3-13-30-26/h3-15H,1-2H3,(H2,31,32,34,37)/b12-9+. The van der Waals surface area contributed by atoms with E-state index in [0.29, 0.717) is 33.7 Å². The molecule has 2 aromatic carbocycles. The second kappa shape index (κ2) is 10.4. The summed E-state index contributed by atoms with van der Waals surface area (Å²) < 4.78 is 11.6. The summed E-state index contributed by atoms with van der Waals surface area (Å²) in [5.74, 6) is 1.28. The number of carbonyl (C=O) groups excluding carboxylic acids is 1. The predicted octanol–water partition coefficient (Wildman–Crippen LogP) is 6.95. The Balaban J connectivity index is 1.19. The van der Waals surface area contributed by atoms with Gasteiger partial charge in [-0.05, 0) is 91.8 Å². The Hall–Kier alpha value is -4.27. The number of rotatable bonds is 5. The monoisotopic (exact) mass is 528 g/mol. The Morgan fingerprint density at radius 3 is 2.62 bits per heavy atom. The number of nitrogens with zero attached hydrogens (tertiary/aromatic N) is 2. The first-order chi connectivity index (χ1) is 17.9. The van der Waals surface area contributed by atoms with Gasteiger partial charge in [-0.25, -0.2) is 4.98 Å². The molecule has 5 aromatic rings. The maximum Gasteiger partial charge on any atom is 0.250 e. The van der Waals surface area contributed by atoms with Crippen molar-refractivity contribution >= 4 is 57.8 Å². The SMILES string of the molecule is Cc1ccc(-c2ccc(/C=C/C(=O)NC(=S)Nc3ccc(-c4nc5ncccc5o4)cc3C)o2)cc1Cl. The fourth-order valence-corrected chi connectivity index (χ4v) is 4.03. The molecule has 0 unspecified atom stereocenters. The third-order valence-corrected chi connectivity index (χ3v) is 6.22. The number of benzene rings is 2. The number of thiocarbonyl (C=S) groups is 1. The average molecular weight is 529 g/mol. The minimum Gasteiger partial charge on any atom is -0.457 e. The predicted molar refractivity (Wildman–Crippen MR) is 149 cm³/mol. The molecule has 2 N–H and O–H groups in total. The van der Waals surface area contributed by atoms with Crippen LogP contribution in [0, 0.1) is 13.8 Å². The second-order valence-corrected chi connectivity index (χ2v) is 9.13. The molecule has 0 atom stereocenters. The Kier molecular flexibility index (Phi) is 6.85. The number of carbonyl (C=O) groups is 1. The lowest BCUT2D eigenvalue weighted by Gasteiger charge is -2.11. The van der Waals surface area contributed by atoms with Crippen LogP contribution in [0.25, 0.3) is 40.1 Å². The first kappa shape index (κ1) is 24.4. The summed E-state index contributed by atoms with van der Waals surface area (Å²) in [6.45, 7) is 3.86. The minimum atomic E-state index is -0.387. The van der Waals surface area contributed by atoms with Crippen molar-refractivity contribution in [1.82, 2.24) is 15.3 Å². The van der Waals surface area contributed by atoms with Gasteiger partial charge in [0.05, 0.1) is 0 Å². The molecule has 37 heavy (non-hydrogen) atoms. The van der Waals surface area contributed by atoms with E-state index in [1.807, 2.05) is 62.4 Å². The number of fused-ring (bicyclic) bond motifs is 1. The summed E-state index contributed by atoms with van der Waals surface area (Å²) in [6, 6.07) is 18.6. The van der Waals surface area contributed by atoms with Crippen LogP contribution in [0.5, 0.6) is 0 Å². The number of hydrogen-bond acceptors (Lipinski definition) is 6. The molecule has 0 spiro atoms. The first-order valence-electron chi connectivity index (χ1n) is 11.3. The molecule has 7 nitrogen and oxygen atoms in total. The number of halogens is 1. The molecule has 0 bridgehead atoms. The molecule has 0 aliphatic heterocycles. The van der Waals surface area contributed by atoms with Crippen LogP contribution >= 0.6 is 23.8 Å². The number of nitrogens with one attached hydrogen (secondary N) is 2. The van der Waals surface area contributed by atoms with Gasteiger partial charge in [0.15, 0.2) is 16.3 Å². The number of aryl methyl sites for hydroxylation is 2. The Morgan fingerprint density at radius 1 is 1.00 bits per heavy atom. The highest BCUT2D eigenvalue weighted by atomic mass is 35.5. The van der Waals surface area contributed by atoms with E-state index in [4.69, 9.17) is 32.7 Å². The van der Waals surface area contributed by atoms with Crippen molar-refractivity contribution < 1.29 is 13.6 Å². The highest BCUT2D eigenvalue weighted by Crippen LogP contribution is 2.28. The molecule has 0 saturated carbocycles. The highest BCUT2D eigenvalue weighted by Gasteiger charge is 2.11. The van der Waals surface area contributed by atoms with Gasteiger partial charge in [0.1, 0.15) is 11.5 Å². The van der Waals surface area contributed by atoms with E-state index in [1.165, 1.54) is 6.08 Å². The number of aromatic nitrogens is 2. The van der Waals surface area contributed by atoms with Crippen LogP contribution in [0.4, 0.5) is 5.69 Å². The summed E-state index contributed by atoms with van der Waals surface area (Å²) in [6.07, 6.45) is 4.60. The number of amides is 1. The largest absolute Gasteiger partial charge is 0.457 e. The molecule has 0 aliphatic carbocycles. The van der Waals surface area contributed by atoms with Crippen molar-refractivity contribution in [3.05, 3.63) is 94.8 Å². The summed E-state index contributed by atoms with van der Waals surface area (Å²) in [5, 5.41) is 6.52. The average Bonchev–Trinajstić information content (AvgIpc) is 3.53. The normalized spacial score (nSPS) is 11.2. The third-order valence-electron chi connectivity index (χ3n) is 5.61. The molecule has 0 saturated heterocycles. The van der Waals surface area contributed by atoms with Crippen LogP contribution in [0.2, 0.25) is 5.02 Å². The number of pyridine rings is 1. The lowest BCUT2D eigenvalue weighted by Crippen LogP contribution is -2.33. The van der Waals surface area contributed by atoms with E-state index < -0.39 is 0 Å². The van der Waals surface area contributed by atoms with Crippen LogP contribution in [0.3, 0.4) is 0 Å². The molecule has 0 fully saturated rings. The van der Waals surface area contributed by atoms with Gasteiger partial charge < -0.3 is 14.2 Å². The van der Waals surface area contributed by atoms with Crippen molar-refractivity contribution in [3.63, 3.8) is 0 Å². The summed E-state index contributed by atoms with van der Waals surface area (Å²) in [4.78, 5) is 21.0. The quantitative estimate of drug-likeness (QED) is 0.188. The van der Waals surface area contributed by atoms with Crippen LogP contribution in [-0.2, 0) is 4.79 Å². The summed E-state index contributed by atoms with van der Waals surface area (Å²) in [5.41, 5.74) is 5.49. The molecule has 3 heterocycles. The second-order valence-electron chi connectivity index (χ2n) is 8.32. The number of oxazole rings is 1. The van der Waals surface area contributed by atoms with Crippen LogP contribution in [0.1, 0.15) is 16.9 Å². The Labute approximate surface area is 223 Å². The fourth-order valence-electron chi connectivity index (χ4n) is 3.64. The number of furan rings is 1. The smallest absolute Gasteiger partial charge is 0.250 e. The maximum atomic E-state index is 12.4. The van der Waals surface area contributed by atoms with Gasteiger partial charge in [0.2, 0.25) is 11.8 Å². The zero-order valence-electron chi connectivity index (χ0n) is 19.9. The van der Waals surface area contributed by atoms with Crippen molar-refractivity contribution in [3.8, 4) is 22.8 Å². The summed E-state index contributed by atoms with van der Waals surface area (Å²) in [7, 11) is 0.